The quantitative estimate of drug-likeness (QED) is 0.845. The summed E-state index contributed by atoms with van der Waals surface area (Å²) in [6, 6.07) is 5.52. The molecule has 0 heterocycles. The van der Waals surface area contributed by atoms with Crippen molar-refractivity contribution in [3.63, 3.8) is 0 Å². The van der Waals surface area contributed by atoms with Gasteiger partial charge in [-0.3, -0.25) is 4.79 Å². The first-order chi connectivity index (χ1) is 7.65. The van der Waals surface area contributed by atoms with Crippen molar-refractivity contribution in [2.45, 2.75) is 12.3 Å². The van der Waals surface area contributed by atoms with Gasteiger partial charge in [0.25, 0.3) is 0 Å². The topological polar surface area (TPSA) is 55.8 Å². The molecule has 0 aromatic heterocycles. The second-order valence-electron chi connectivity index (χ2n) is 3.93. The van der Waals surface area contributed by atoms with E-state index in [9.17, 15) is 4.79 Å². The summed E-state index contributed by atoms with van der Waals surface area (Å²) in [5.74, 6) is 0.515. The minimum atomic E-state index is -0.730. The number of aliphatic carboxylic acids is 1. The van der Waals surface area contributed by atoms with Gasteiger partial charge in [0.2, 0.25) is 0 Å². The molecule has 2 atom stereocenters. The van der Waals surface area contributed by atoms with Gasteiger partial charge >= 0.3 is 5.97 Å². The van der Waals surface area contributed by atoms with E-state index in [1.54, 1.807) is 20.3 Å². The van der Waals surface area contributed by atoms with Crippen LogP contribution in [0.25, 0.3) is 0 Å². The highest BCUT2D eigenvalue weighted by Crippen LogP contribution is 2.49. The standard InChI is InChI=1S/C12H14O4/c1-15-8-3-7(4-9(5-8)16-2)10-6-11(10)12(13)14/h3-5,10-11H,6H2,1-2H3,(H,13,14)/t10-,11+/m0/s1. The molecule has 2 rings (SSSR count). The molecule has 1 aliphatic rings. The van der Waals surface area contributed by atoms with Crippen molar-refractivity contribution in [2.24, 2.45) is 5.92 Å². The molecule has 1 saturated carbocycles. The van der Waals surface area contributed by atoms with Gasteiger partial charge in [0, 0.05) is 6.07 Å². The van der Waals surface area contributed by atoms with Crippen LogP contribution in [0.15, 0.2) is 18.2 Å². The van der Waals surface area contributed by atoms with Gasteiger partial charge in [-0.2, -0.15) is 0 Å². The summed E-state index contributed by atoms with van der Waals surface area (Å²) in [5.41, 5.74) is 0.976. The molecule has 0 bridgehead atoms. The van der Waals surface area contributed by atoms with E-state index in [1.165, 1.54) is 0 Å². The largest absolute Gasteiger partial charge is 0.497 e. The van der Waals surface area contributed by atoms with Gasteiger partial charge in [-0.15, -0.1) is 0 Å². The van der Waals surface area contributed by atoms with E-state index in [0.717, 1.165) is 5.56 Å². The van der Waals surface area contributed by atoms with Crippen molar-refractivity contribution >= 4 is 5.97 Å². The summed E-state index contributed by atoms with van der Waals surface area (Å²) in [6.07, 6.45) is 0.700. The Balaban J connectivity index is 2.24. The van der Waals surface area contributed by atoms with Crippen LogP contribution in [0, 0.1) is 5.92 Å². The highest BCUT2D eigenvalue weighted by atomic mass is 16.5. The molecule has 0 saturated heterocycles. The molecule has 4 nitrogen and oxygen atoms in total. The normalized spacial score (nSPS) is 22.6. The van der Waals surface area contributed by atoms with Crippen molar-refractivity contribution in [3.8, 4) is 11.5 Å². The van der Waals surface area contributed by atoms with Crippen molar-refractivity contribution in [1.29, 1.82) is 0 Å². The maximum absolute atomic E-state index is 10.8. The lowest BCUT2D eigenvalue weighted by Gasteiger charge is -2.07. The molecule has 0 aliphatic heterocycles. The van der Waals surface area contributed by atoms with Crippen LogP contribution in [0.4, 0.5) is 0 Å². The number of carbonyl (C=O) groups is 1. The third kappa shape index (κ3) is 1.96. The summed E-state index contributed by atoms with van der Waals surface area (Å²) in [6.45, 7) is 0. The first kappa shape index (κ1) is 10.8. The molecule has 0 radical (unpaired) electrons. The molecular formula is C12H14O4. The number of carboxylic acids is 1. The maximum Gasteiger partial charge on any atom is 0.307 e. The van der Waals surface area contributed by atoms with Gasteiger partial charge in [-0.05, 0) is 30.0 Å². The van der Waals surface area contributed by atoms with Gasteiger partial charge in [0.15, 0.2) is 0 Å². The van der Waals surface area contributed by atoms with E-state index >= 15 is 0 Å². The van der Waals surface area contributed by atoms with Crippen LogP contribution in [0.5, 0.6) is 11.5 Å². The monoisotopic (exact) mass is 222 g/mol. The van der Waals surface area contributed by atoms with Crippen molar-refractivity contribution in [1.82, 2.24) is 0 Å². The molecule has 1 aliphatic carbocycles. The lowest BCUT2D eigenvalue weighted by molar-refractivity contribution is -0.138. The summed E-state index contributed by atoms with van der Waals surface area (Å²) in [7, 11) is 3.17. The van der Waals surface area contributed by atoms with Crippen LogP contribution in [-0.2, 0) is 4.79 Å². The first-order valence-electron chi connectivity index (χ1n) is 5.11. The smallest absolute Gasteiger partial charge is 0.307 e. The molecule has 86 valence electrons. The number of carboxylic acid groups (broad SMARTS) is 1. The Labute approximate surface area is 93.8 Å². The zero-order valence-electron chi connectivity index (χ0n) is 9.27. The Morgan fingerprint density at radius 1 is 1.25 bits per heavy atom. The fourth-order valence-corrected chi connectivity index (χ4v) is 1.88. The third-order valence-corrected chi connectivity index (χ3v) is 2.91. The molecule has 1 aromatic carbocycles. The average Bonchev–Trinajstić information content (AvgIpc) is 3.08. The molecule has 4 heteroatoms. The second kappa shape index (κ2) is 4.04. The van der Waals surface area contributed by atoms with Crippen molar-refractivity contribution in [2.75, 3.05) is 14.2 Å². The highest BCUT2D eigenvalue weighted by Gasteiger charge is 2.44. The average molecular weight is 222 g/mol. The van der Waals surface area contributed by atoms with Crippen LogP contribution >= 0.6 is 0 Å². The Kier molecular flexibility index (Phi) is 2.73. The van der Waals surface area contributed by atoms with E-state index in [1.807, 2.05) is 12.1 Å². The predicted octanol–water partition coefficient (Wildman–Crippen LogP) is 1.89. The van der Waals surface area contributed by atoms with Gasteiger partial charge in [-0.25, -0.2) is 0 Å². The Bertz CT molecular complexity index is 391. The van der Waals surface area contributed by atoms with Gasteiger partial charge in [0.1, 0.15) is 11.5 Å². The summed E-state index contributed by atoms with van der Waals surface area (Å²) in [5, 5.41) is 8.88. The van der Waals surface area contributed by atoms with E-state index in [-0.39, 0.29) is 11.8 Å². The number of benzene rings is 1. The maximum atomic E-state index is 10.8. The SMILES string of the molecule is COc1cc(OC)cc([C@@H]2C[C@H]2C(=O)O)c1. The minimum Gasteiger partial charge on any atom is -0.497 e. The lowest BCUT2D eigenvalue weighted by Crippen LogP contribution is -1.99. The van der Waals surface area contributed by atoms with Crippen LogP contribution in [0.2, 0.25) is 0 Å². The lowest BCUT2D eigenvalue weighted by atomic mass is 10.1. The fraction of sp³-hybridized carbons (Fsp3) is 0.417. The van der Waals surface area contributed by atoms with Crippen LogP contribution in [0.3, 0.4) is 0 Å². The van der Waals surface area contributed by atoms with Crippen LogP contribution in [0.1, 0.15) is 17.9 Å². The molecule has 1 aromatic rings. The van der Waals surface area contributed by atoms with E-state index in [4.69, 9.17) is 14.6 Å². The first-order valence-corrected chi connectivity index (χ1v) is 5.11. The van der Waals surface area contributed by atoms with Gasteiger partial charge < -0.3 is 14.6 Å². The zero-order valence-corrected chi connectivity index (χ0v) is 9.27. The van der Waals surface area contributed by atoms with Crippen molar-refractivity contribution in [3.05, 3.63) is 23.8 Å². The van der Waals surface area contributed by atoms with Crippen LogP contribution in [-0.4, -0.2) is 25.3 Å². The molecule has 1 N–H and O–H groups in total. The highest BCUT2D eigenvalue weighted by molar-refractivity contribution is 5.75. The Morgan fingerprint density at radius 2 is 1.81 bits per heavy atom. The van der Waals surface area contributed by atoms with Crippen molar-refractivity contribution < 1.29 is 19.4 Å². The molecule has 1 fully saturated rings. The zero-order chi connectivity index (χ0) is 11.7. The van der Waals surface area contributed by atoms with Gasteiger partial charge in [0.05, 0.1) is 20.1 Å². The third-order valence-electron chi connectivity index (χ3n) is 2.91. The number of methoxy groups -OCH3 is 2. The number of rotatable bonds is 4. The number of hydrogen-bond acceptors (Lipinski definition) is 3. The number of hydrogen-bond donors (Lipinski definition) is 1. The molecular weight excluding hydrogens is 208 g/mol. The Morgan fingerprint density at radius 3 is 2.19 bits per heavy atom. The van der Waals surface area contributed by atoms with Gasteiger partial charge in [-0.1, -0.05) is 0 Å². The van der Waals surface area contributed by atoms with E-state index < -0.39 is 5.97 Å². The molecule has 0 amide bonds. The fourth-order valence-electron chi connectivity index (χ4n) is 1.88. The predicted molar refractivity (Wildman–Crippen MR) is 58.0 cm³/mol. The molecule has 0 spiro atoms. The Hall–Kier alpha value is -1.71. The second-order valence-corrected chi connectivity index (χ2v) is 3.93. The van der Waals surface area contributed by atoms with Crippen LogP contribution < -0.4 is 9.47 Å². The number of ether oxygens (including phenoxy) is 2. The molecule has 16 heavy (non-hydrogen) atoms. The van der Waals surface area contributed by atoms with E-state index in [2.05, 4.69) is 0 Å². The molecule has 0 unspecified atom stereocenters. The summed E-state index contributed by atoms with van der Waals surface area (Å²) in [4.78, 5) is 10.8. The summed E-state index contributed by atoms with van der Waals surface area (Å²) >= 11 is 0. The summed E-state index contributed by atoms with van der Waals surface area (Å²) < 4.78 is 10.3. The minimum absolute atomic E-state index is 0.0986. The van der Waals surface area contributed by atoms with E-state index in [0.29, 0.717) is 17.9 Å².